The van der Waals surface area contributed by atoms with Gasteiger partial charge in [-0.1, -0.05) is 13.3 Å². The van der Waals surface area contributed by atoms with E-state index in [0.717, 1.165) is 18.0 Å². The van der Waals surface area contributed by atoms with Crippen LogP contribution in [0, 0.1) is 5.92 Å². The summed E-state index contributed by atoms with van der Waals surface area (Å²) in [5, 5.41) is 3.58. The molecule has 0 aromatic carbocycles. The van der Waals surface area contributed by atoms with Crippen LogP contribution in [0.2, 0.25) is 0 Å². The largest absolute Gasteiger partial charge is 0.311 e. The van der Waals surface area contributed by atoms with Gasteiger partial charge < -0.3 is 10.2 Å². The number of nitrogens with one attached hydrogen (secondary N) is 1. The normalized spacial score (nSPS) is 43.6. The van der Waals surface area contributed by atoms with Gasteiger partial charge in [0.2, 0.25) is 0 Å². The van der Waals surface area contributed by atoms with Gasteiger partial charge in [0, 0.05) is 25.2 Å². The third-order valence-electron chi connectivity index (χ3n) is 3.10. The van der Waals surface area contributed by atoms with Crippen molar-refractivity contribution < 1.29 is 0 Å². The molecular weight excluding hydrogens is 136 g/mol. The second-order valence-electron chi connectivity index (χ2n) is 3.90. The van der Waals surface area contributed by atoms with E-state index in [0.29, 0.717) is 0 Å². The van der Waals surface area contributed by atoms with Crippen LogP contribution in [0.15, 0.2) is 0 Å². The molecule has 3 atom stereocenters. The zero-order valence-electron chi connectivity index (χ0n) is 7.51. The Morgan fingerprint density at radius 3 is 3.00 bits per heavy atom. The molecule has 0 aromatic heterocycles. The van der Waals surface area contributed by atoms with Crippen LogP contribution in [0.5, 0.6) is 0 Å². The first-order valence-corrected chi connectivity index (χ1v) is 4.78. The van der Waals surface area contributed by atoms with Gasteiger partial charge in [0.25, 0.3) is 0 Å². The maximum absolute atomic E-state index is 3.58. The van der Waals surface area contributed by atoms with Gasteiger partial charge in [-0.3, -0.25) is 0 Å². The Morgan fingerprint density at radius 2 is 2.36 bits per heavy atom. The summed E-state index contributed by atoms with van der Waals surface area (Å²) in [5.74, 6) is 0.965. The number of hydrogen-bond acceptors (Lipinski definition) is 2. The number of rotatable bonds is 2. The van der Waals surface area contributed by atoms with E-state index >= 15 is 0 Å². The van der Waals surface area contributed by atoms with Crippen molar-refractivity contribution in [1.82, 2.24) is 10.2 Å². The minimum absolute atomic E-state index is 0.841. The van der Waals surface area contributed by atoms with Gasteiger partial charge in [0.15, 0.2) is 0 Å². The third-order valence-corrected chi connectivity index (χ3v) is 3.10. The first kappa shape index (κ1) is 7.56. The second kappa shape index (κ2) is 2.76. The van der Waals surface area contributed by atoms with Crippen LogP contribution in [0.25, 0.3) is 0 Å². The van der Waals surface area contributed by atoms with Crippen LogP contribution in [0.3, 0.4) is 0 Å². The molecule has 1 aliphatic carbocycles. The van der Waals surface area contributed by atoms with Gasteiger partial charge in [-0.25, -0.2) is 0 Å². The SMILES string of the molecule is CCCC1C2NCCN(C)C12. The van der Waals surface area contributed by atoms with Crippen molar-refractivity contribution in [2.75, 3.05) is 20.1 Å². The van der Waals surface area contributed by atoms with Crippen molar-refractivity contribution in [3.05, 3.63) is 0 Å². The third kappa shape index (κ3) is 1.18. The standard InChI is InChI=1S/C9H18N2/c1-3-4-7-8-9(7)11(2)6-5-10-8/h7-10H,3-6H2,1-2H3. The van der Waals surface area contributed by atoms with E-state index in [1.807, 2.05) is 0 Å². The Bertz CT molecular complexity index is 146. The molecule has 2 heteroatoms. The van der Waals surface area contributed by atoms with Crippen LogP contribution < -0.4 is 5.32 Å². The lowest BCUT2D eigenvalue weighted by atomic mass is 10.2. The van der Waals surface area contributed by atoms with Gasteiger partial charge >= 0.3 is 0 Å². The van der Waals surface area contributed by atoms with Gasteiger partial charge in [-0.15, -0.1) is 0 Å². The molecule has 1 aliphatic heterocycles. The van der Waals surface area contributed by atoms with Crippen molar-refractivity contribution in [3.8, 4) is 0 Å². The van der Waals surface area contributed by atoms with Crippen molar-refractivity contribution >= 4 is 0 Å². The first-order valence-electron chi connectivity index (χ1n) is 4.78. The zero-order chi connectivity index (χ0) is 7.84. The lowest BCUT2D eigenvalue weighted by Crippen LogP contribution is -2.41. The molecule has 1 N–H and O–H groups in total. The van der Waals surface area contributed by atoms with Crippen LogP contribution in [0.1, 0.15) is 19.8 Å². The average Bonchev–Trinajstić information content (AvgIpc) is 2.66. The Labute approximate surface area is 69.0 Å². The number of fused-ring (bicyclic) bond motifs is 1. The molecule has 1 saturated carbocycles. The molecule has 1 heterocycles. The molecule has 3 unspecified atom stereocenters. The smallest absolute Gasteiger partial charge is 0.0293 e. The second-order valence-corrected chi connectivity index (χ2v) is 3.90. The van der Waals surface area contributed by atoms with E-state index in [2.05, 4.69) is 24.2 Å². The summed E-state index contributed by atoms with van der Waals surface area (Å²) >= 11 is 0. The Kier molecular flexibility index (Phi) is 1.90. The highest BCUT2D eigenvalue weighted by Gasteiger charge is 2.52. The maximum atomic E-state index is 3.58. The highest BCUT2D eigenvalue weighted by Crippen LogP contribution is 2.40. The van der Waals surface area contributed by atoms with Gasteiger partial charge in [-0.05, 0) is 19.4 Å². The fourth-order valence-corrected chi connectivity index (χ4v) is 2.47. The highest BCUT2D eigenvalue weighted by molar-refractivity contribution is 5.11. The van der Waals surface area contributed by atoms with Crippen LogP contribution >= 0.6 is 0 Å². The quantitative estimate of drug-likeness (QED) is 0.629. The van der Waals surface area contributed by atoms with Gasteiger partial charge in [-0.2, -0.15) is 0 Å². The minimum atomic E-state index is 0.841. The number of piperazine rings is 1. The fraction of sp³-hybridized carbons (Fsp3) is 1.00. The van der Waals surface area contributed by atoms with Crippen molar-refractivity contribution in [2.45, 2.75) is 31.8 Å². The van der Waals surface area contributed by atoms with Crippen molar-refractivity contribution in [2.24, 2.45) is 5.92 Å². The molecule has 2 rings (SSSR count). The summed E-state index contributed by atoms with van der Waals surface area (Å²) in [4.78, 5) is 2.52. The lowest BCUT2D eigenvalue weighted by Gasteiger charge is -2.21. The Morgan fingerprint density at radius 1 is 1.55 bits per heavy atom. The minimum Gasteiger partial charge on any atom is -0.311 e. The van der Waals surface area contributed by atoms with E-state index in [4.69, 9.17) is 0 Å². The summed E-state index contributed by atoms with van der Waals surface area (Å²) in [5.41, 5.74) is 0. The van der Waals surface area contributed by atoms with Crippen LogP contribution in [-0.4, -0.2) is 37.1 Å². The molecule has 0 bridgehead atoms. The lowest BCUT2D eigenvalue weighted by molar-refractivity contribution is 0.273. The molecule has 0 amide bonds. The topological polar surface area (TPSA) is 15.3 Å². The maximum Gasteiger partial charge on any atom is 0.0293 e. The Hall–Kier alpha value is -0.0800. The number of likely N-dealkylation sites (N-methyl/N-ethyl adjacent to an activating group) is 1. The van der Waals surface area contributed by atoms with Crippen molar-refractivity contribution in [1.29, 1.82) is 0 Å². The van der Waals surface area contributed by atoms with Gasteiger partial charge in [0.1, 0.15) is 0 Å². The number of hydrogen-bond donors (Lipinski definition) is 1. The molecule has 2 aliphatic rings. The summed E-state index contributed by atoms with van der Waals surface area (Å²) in [7, 11) is 2.26. The molecule has 1 saturated heterocycles. The first-order chi connectivity index (χ1) is 5.34. The van der Waals surface area contributed by atoms with E-state index in [-0.39, 0.29) is 0 Å². The van der Waals surface area contributed by atoms with E-state index in [1.54, 1.807) is 0 Å². The number of nitrogens with zero attached hydrogens (tertiary/aromatic N) is 1. The molecular formula is C9H18N2. The summed E-state index contributed by atoms with van der Waals surface area (Å²) in [6.45, 7) is 4.71. The van der Waals surface area contributed by atoms with Crippen molar-refractivity contribution in [3.63, 3.8) is 0 Å². The molecule has 0 spiro atoms. The Balaban J connectivity index is 1.89. The molecule has 2 fully saturated rings. The van der Waals surface area contributed by atoms with Crippen LogP contribution in [-0.2, 0) is 0 Å². The van der Waals surface area contributed by atoms with E-state index < -0.39 is 0 Å². The molecule has 0 radical (unpaired) electrons. The predicted molar refractivity (Wildman–Crippen MR) is 46.6 cm³/mol. The summed E-state index contributed by atoms with van der Waals surface area (Å²) < 4.78 is 0. The summed E-state index contributed by atoms with van der Waals surface area (Å²) in [6.07, 6.45) is 2.75. The van der Waals surface area contributed by atoms with E-state index in [1.165, 1.54) is 25.9 Å². The molecule has 11 heavy (non-hydrogen) atoms. The average molecular weight is 154 g/mol. The van der Waals surface area contributed by atoms with E-state index in [9.17, 15) is 0 Å². The predicted octanol–water partition coefficient (Wildman–Crippen LogP) is 0.688. The zero-order valence-corrected chi connectivity index (χ0v) is 7.51. The molecule has 64 valence electrons. The highest BCUT2D eigenvalue weighted by atomic mass is 15.3. The molecule has 2 nitrogen and oxygen atoms in total. The fourth-order valence-electron chi connectivity index (χ4n) is 2.47. The molecule has 0 aromatic rings. The van der Waals surface area contributed by atoms with Crippen LogP contribution in [0.4, 0.5) is 0 Å². The summed E-state index contributed by atoms with van der Waals surface area (Å²) in [6, 6.07) is 1.72. The van der Waals surface area contributed by atoms with Gasteiger partial charge in [0.05, 0.1) is 0 Å². The monoisotopic (exact) mass is 154 g/mol.